The lowest BCUT2D eigenvalue weighted by Crippen LogP contribution is -2.29. The molecule has 1 aliphatic carbocycles. The molecule has 5 aromatic rings. The van der Waals surface area contributed by atoms with Crippen LogP contribution in [-0.2, 0) is 6.54 Å². The fourth-order valence-electron chi connectivity index (χ4n) is 5.21. The summed E-state index contributed by atoms with van der Waals surface area (Å²) in [6.45, 7) is -1.91. The standard InChI is InChI=1S/C27H28F3N11O3/c1-15(28)43-18-7-8-22(44-27(29)30)19(11-18)24-21(34-26(42)20-12-33-40-10-2-9-32-25(20)40)13-39(36-24)14-23-35-37-38-41(23)17-5-3-16(31)4-6-17/h2,7-13,15-17,27H,3-6,14,31H2,1H3,(H,34,42). The van der Waals surface area contributed by atoms with Crippen molar-refractivity contribution in [3.8, 4) is 22.8 Å². The molecule has 230 valence electrons. The van der Waals surface area contributed by atoms with E-state index in [4.69, 9.17) is 15.2 Å². The maximum absolute atomic E-state index is 13.7. The summed E-state index contributed by atoms with van der Waals surface area (Å²) < 4.78 is 55.1. The van der Waals surface area contributed by atoms with Crippen LogP contribution in [0, 0.1) is 0 Å². The van der Waals surface area contributed by atoms with Crippen molar-refractivity contribution >= 4 is 17.2 Å². The first kappa shape index (κ1) is 29.0. The van der Waals surface area contributed by atoms with Gasteiger partial charge in [-0.3, -0.25) is 9.48 Å². The fraction of sp³-hybridized carbons (Fsp3) is 0.370. The van der Waals surface area contributed by atoms with Crippen molar-refractivity contribution < 1.29 is 27.4 Å². The number of nitrogens with one attached hydrogen (secondary N) is 1. The smallest absolute Gasteiger partial charge is 0.387 e. The van der Waals surface area contributed by atoms with E-state index in [0.717, 1.165) is 25.7 Å². The second-order valence-corrected chi connectivity index (χ2v) is 10.3. The molecule has 0 radical (unpaired) electrons. The Balaban J connectivity index is 1.39. The molecule has 1 amide bonds. The first-order chi connectivity index (χ1) is 21.2. The van der Waals surface area contributed by atoms with Crippen LogP contribution in [-0.4, -0.2) is 69.5 Å². The fourth-order valence-corrected chi connectivity index (χ4v) is 5.21. The zero-order chi connectivity index (χ0) is 30.8. The molecule has 0 saturated heterocycles. The summed E-state index contributed by atoms with van der Waals surface area (Å²) in [5.41, 5.74) is 6.75. The van der Waals surface area contributed by atoms with Crippen molar-refractivity contribution in [2.75, 3.05) is 5.32 Å². The van der Waals surface area contributed by atoms with Crippen LogP contribution in [0.3, 0.4) is 0 Å². The van der Waals surface area contributed by atoms with Crippen LogP contribution < -0.4 is 20.5 Å². The number of halogens is 3. The van der Waals surface area contributed by atoms with E-state index >= 15 is 0 Å². The number of aromatic nitrogens is 9. The second-order valence-electron chi connectivity index (χ2n) is 10.3. The van der Waals surface area contributed by atoms with Gasteiger partial charge in [-0.05, 0) is 60.4 Å². The summed E-state index contributed by atoms with van der Waals surface area (Å²) in [7, 11) is 0. The van der Waals surface area contributed by atoms with Gasteiger partial charge in [-0.15, -0.1) is 5.10 Å². The largest absolute Gasteiger partial charge is 0.461 e. The average molecular weight is 612 g/mol. The zero-order valence-corrected chi connectivity index (χ0v) is 23.4. The number of alkyl halides is 3. The highest BCUT2D eigenvalue weighted by atomic mass is 19.3. The highest BCUT2D eigenvalue weighted by molar-refractivity contribution is 6.09. The zero-order valence-electron chi connectivity index (χ0n) is 23.4. The molecular formula is C27H28F3N11O3. The first-order valence-corrected chi connectivity index (χ1v) is 13.8. The van der Waals surface area contributed by atoms with Gasteiger partial charge in [0.05, 0.1) is 23.5 Å². The average Bonchev–Trinajstić information content (AvgIpc) is 3.73. The first-order valence-electron chi connectivity index (χ1n) is 13.8. The van der Waals surface area contributed by atoms with Crippen LogP contribution in [0.4, 0.5) is 18.9 Å². The maximum Gasteiger partial charge on any atom is 0.387 e. The van der Waals surface area contributed by atoms with Gasteiger partial charge in [0.2, 0.25) is 6.36 Å². The predicted molar refractivity (Wildman–Crippen MR) is 149 cm³/mol. The Morgan fingerprint density at radius 2 is 2.00 bits per heavy atom. The Morgan fingerprint density at radius 3 is 2.77 bits per heavy atom. The van der Waals surface area contributed by atoms with Crippen molar-refractivity contribution in [2.24, 2.45) is 5.73 Å². The van der Waals surface area contributed by atoms with Gasteiger partial charge in [0.1, 0.15) is 29.3 Å². The quantitative estimate of drug-likeness (QED) is 0.238. The van der Waals surface area contributed by atoms with Gasteiger partial charge in [-0.2, -0.15) is 19.0 Å². The van der Waals surface area contributed by atoms with E-state index in [-0.39, 0.29) is 52.6 Å². The molecule has 1 unspecified atom stereocenters. The van der Waals surface area contributed by atoms with Crippen molar-refractivity contribution in [1.29, 1.82) is 0 Å². The number of carbonyl (C=O) groups is 1. The number of ether oxygens (including phenoxy) is 2. The van der Waals surface area contributed by atoms with E-state index in [1.807, 2.05) is 0 Å². The van der Waals surface area contributed by atoms with Crippen LogP contribution in [0.15, 0.2) is 49.1 Å². The number of anilines is 1. The lowest BCUT2D eigenvalue weighted by atomic mass is 9.92. The number of nitrogens with zero attached hydrogens (tertiary/aromatic N) is 9. The lowest BCUT2D eigenvalue weighted by molar-refractivity contribution is -0.0495. The van der Waals surface area contributed by atoms with E-state index in [0.29, 0.717) is 11.5 Å². The third-order valence-electron chi connectivity index (χ3n) is 7.21. The molecule has 1 fully saturated rings. The summed E-state index contributed by atoms with van der Waals surface area (Å²) in [6, 6.07) is 5.67. The minimum Gasteiger partial charge on any atom is -0.461 e. The number of tetrazole rings is 1. The van der Waals surface area contributed by atoms with Crippen LogP contribution >= 0.6 is 0 Å². The van der Waals surface area contributed by atoms with E-state index < -0.39 is 18.9 Å². The second kappa shape index (κ2) is 12.3. The molecule has 0 spiro atoms. The molecule has 1 atom stereocenters. The molecule has 17 heteroatoms. The number of benzene rings is 1. The number of hydrogen-bond acceptors (Lipinski definition) is 10. The number of hydrogen-bond donors (Lipinski definition) is 2. The van der Waals surface area contributed by atoms with E-state index in [9.17, 15) is 18.0 Å². The molecule has 0 bridgehead atoms. The molecule has 1 aromatic carbocycles. The highest BCUT2D eigenvalue weighted by Crippen LogP contribution is 2.38. The lowest BCUT2D eigenvalue weighted by Gasteiger charge is -2.26. The van der Waals surface area contributed by atoms with Gasteiger partial charge in [0.25, 0.3) is 5.91 Å². The Kier molecular flexibility index (Phi) is 8.10. The van der Waals surface area contributed by atoms with Crippen molar-refractivity contribution in [3.05, 3.63) is 60.4 Å². The maximum atomic E-state index is 13.7. The normalized spacial score (nSPS) is 17.6. The van der Waals surface area contributed by atoms with Crippen LogP contribution in [0.2, 0.25) is 0 Å². The van der Waals surface area contributed by atoms with Crippen LogP contribution in [0.25, 0.3) is 16.9 Å². The molecular weight excluding hydrogens is 583 g/mol. The van der Waals surface area contributed by atoms with Gasteiger partial charge >= 0.3 is 6.61 Å². The summed E-state index contributed by atoms with van der Waals surface area (Å²) >= 11 is 0. The molecule has 3 N–H and O–H groups in total. The van der Waals surface area contributed by atoms with E-state index in [1.54, 1.807) is 16.9 Å². The number of nitrogens with two attached hydrogens (primary N) is 1. The predicted octanol–water partition coefficient (Wildman–Crippen LogP) is 3.62. The number of fused-ring (bicyclic) bond motifs is 1. The third kappa shape index (κ3) is 6.17. The van der Waals surface area contributed by atoms with E-state index in [2.05, 4.69) is 36.0 Å². The summed E-state index contributed by atoms with van der Waals surface area (Å²) in [6.07, 6.45) is 7.65. The number of amides is 1. The van der Waals surface area contributed by atoms with Gasteiger partial charge in [0, 0.05) is 31.6 Å². The molecule has 44 heavy (non-hydrogen) atoms. The summed E-state index contributed by atoms with van der Waals surface area (Å²) in [4.78, 5) is 17.7. The van der Waals surface area contributed by atoms with Gasteiger partial charge in [-0.25, -0.2) is 18.6 Å². The molecule has 4 aromatic heterocycles. The SMILES string of the molecule is CC(F)Oc1ccc(OC(F)F)c(-c2nn(Cc3nnnn3C3CCC(N)CC3)cc2NC(=O)c2cnn3cccnc23)c1. The van der Waals surface area contributed by atoms with Gasteiger partial charge in [0.15, 0.2) is 11.5 Å². The third-order valence-corrected chi connectivity index (χ3v) is 7.21. The summed E-state index contributed by atoms with van der Waals surface area (Å²) in [5, 5.41) is 23.7. The van der Waals surface area contributed by atoms with Gasteiger partial charge in [-0.1, -0.05) is 0 Å². The van der Waals surface area contributed by atoms with Crippen molar-refractivity contribution in [3.63, 3.8) is 0 Å². The Morgan fingerprint density at radius 1 is 1.18 bits per heavy atom. The minimum atomic E-state index is -3.17. The van der Waals surface area contributed by atoms with E-state index in [1.165, 1.54) is 52.9 Å². The molecule has 1 saturated carbocycles. The minimum absolute atomic E-state index is 0.0244. The molecule has 4 heterocycles. The van der Waals surface area contributed by atoms with Crippen LogP contribution in [0.5, 0.6) is 11.5 Å². The molecule has 0 aliphatic heterocycles. The molecule has 1 aliphatic rings. The topological polar surface area (TPSA) is 165 Å². The summed E-state index contributed by atoms with van der Waals surface area (Å²) in [5.74, 6) is -0.309. The Bertz CT molecular complexity index is 1760. The van der Waals surface area contributed by atoms with Gasteiger partial charge < -0.3 is 20.5 Å². The highest BCUT2D eigenvalue weighted by Gasteiger charge is 2.26. The molecule has 6 rings (SSSR count). The van der Waals surface area contributed by atoms with Crippen LogP contribution in [0.1, 0.15) is 54.8 Å². The van der Waals surface area contributed by atoms with Crippen molar-refractivity contribution in [2.45, 2.75) is 64.2 Å². The Labute approximate surface area is 248 Å². The monoisotopic (exact) mass is 611 g/mol. The van der Waals surface area contributed by atoms with Crippen molar-refractivity contribution in [1.82, 2.24) is 44.6 Å². The molecule has 14 nitrogen and oxygen atoms in total. The Hall–Kier alpha value is -5.06. The number of carbonyl (C=O) groups excluding carboxylic acids is 1. The number of rotatable bonds is 10.